The number of nitrogens with one attached hydrogen (secondary N) is 3. The summed E-state index contributed by atoms with van der Waals surface area (Å²) >= 11 is 0. The van der Waals surface area contributed by atoms with E-state index in [1.54, 1.807) is 25.1 Å². The summed E-state index contributed by atoms with van der Waals surface area (Å²) in [5, 5.41) is 8.98. The summed E-state index contributed by atoms with van der Waals surface area (Å²) in [7, 11) is 0. The Morgan fingerprint density at radius 2 is 1.45 bits per heavy atom. The molecule has 0 unspecified atom stereocenters. The van der Waals surface area contributed by atoms with E-state index in [9.17, 15) is 9.59 Å². The zero-order chi connectivity index (χ0) is 23.0. The molecule has 0 saturated carbocycles. The van der Waals surface area contributed by atoms with Crippen LogP contribution in [0.1, 0.15) is 17.3 Å². The summed E-state index contributed by atoms with van der Waals surface area (Å²) < 4.78 is 5.39. The molecule has 7 heteroatoms. The van der Waals surface area contributed by atoms with Crippen LogP contribution in [0.25, 0.3) is 0 Å². The molecular weight excluding hydrogens is 416 g/mol. The molecule has 3 aromatic carbocycles. The molecule has 0 radical (unpaired) electrons. The molecule has 0 aliphatic carbocycles. The minimum atomic E-state index is -0.547. The Morgan fingerprint density at radius 1 is 0.818 bits per heavy atom. The monoisotopic (exact) mass is 444 g/mol. The van der Waals surface area contributed by atoms with Gasteiger partial charge in [0.15, 0.2) is 0 Å². The minimum absolute atomic E-state index is 0.188. The third kappa shape index (κ3) is 5.90. The van der Waals surface area contributed by atoms with Crippen molar-refractivity contribution in [3.05, 3.63) is 84.4 Å². The van der Waals surface area contributed by atoms with Crippen molar-refractivity contribution in [3.63, 3.8) is 0 Å². The van der Waals surface area contributed by atoms with E-state index in [-0.39, 0.29) is 11.8 Å². The zero-order valence-corrected chi connectivity index (χ0v) is 18.6. The van der Waals surface area contributed by atoms with E-state index in [0.717, 1.165) is 37.7 Å². The maximum atomic E-state index is 12.8. The summed E-state index contributed by atoms with van der Waals surface area (Å²) in [6.07, 6.45) is 0. The standard InChI is InChI=1S/C26H28N4O3/c1-19(25(31)28-21-11-13-22(14-12-21)30-15-17-33-18-16-30)27-24-10-6-5-9-23(24)26(32)29-20-7-3-2-4-8-20/h2-14,19,27H,15-18H2,1H3,(H,28,31)(H,29,32)/t19-/m0/s1. The summed E-state index contributed by atoms with van der Waals surface area (Å²) in [6.45, 7) is 4.95. The number of hydrogen-bond acceptors (Lipinski definition) is 5. The van der Waals surface area contributed by atoms with Crippen LogP contribution in [0.15, 0.2) is 78.9 Å². The van der Waals surface area contributed by atoms with Crippen LogP contribution in [0.2, 0.25) is 0 Å². The maximum absolute atomic E-state index is 12.8. The third-order valence-electron chi connectivity index (χ3n) is 5.48. The van der Waals surface area contributed by atoms with Crippen molar-refractivity contribution in [2.24, 2.45) is 0 Å². The Kier molecular flexibility index (Phi) is 7.22. The molecule has 1 atom stereocenters. The fourth-order valence-electron chi connectivity index (χ4n) is 3.65. The first-order valence-electron chi connectivity index (χ1n) is 11.1. The van der Waals surface area contributed by atoms with Crippen molar-refractivity contribution in [1.29, 1.82) is 0 Å². The van der Waals surface area contributed by atoms with Gasteiger partial charge in [0, 0.05) is 35.8 Å². The molecule has 0 spiro atoms. The van der Waals surface area contributed by atoms with Crippen LogP contribution in [-0.2, 0) is 9.53 Å². The number of carbonyl (C=O) groups excluding carboxylic acids is 2. The Balaban J connectivity index is 1.37. The lowest BCUT2D eigenvalue weighted by atomic mass is 10.1. The quantitative estimate of drug-likeness (QED) is 0.508. The first-order valence-corrected chi connectivity index (χ1v) is 11.1. The van der Waals surface area contributed by atoms with Crippen LogP contribution < -0.4 is 20.9 Å². The van der Waals surface area contributed by atoms with E-state index in [0.29, 0.717) is 16.9 Å². The molecule has 1 heterocycles. The lowest BCUT2D eigenvalue weighted by Gasteiger charge is -2.29. The Bertz CT molecular complexity index is 1080. The second-order valence-electron chi connectivity index (χ2n) is 7.87. The van der Waals surface area contributed by atoms with Gasteiger partial charge in [-0.2, -0.15) is 0 Å². The van der Waals surface area contributed by atoms with E-state index < -0.39 is 6.04 Å². The van der Waals surface area contributed by atoms with E-state index in [2.05, 4.69) is 20.9 Å². The van der Waals surface area contributed by atoms with Crippen molar-refractivity contribution < 1.29 is 14.3 Å². The average Bonchev–Trinajstić information content (AvgIpc) is 2.86. The fraction of sp³-hybridized carbons (Fsp3) is 0.231. The zero-order valence-electron chi connectivity index (χ0n) is 18.6. The second-order valence-corrected chi connectivity index (χ2v) is 7.87. The summed E-state index contributed by atoms with van der Waals surface area (Å²) in [4.78, 5) is 27.8. The topological polar surface area (TPSA) is 82.7 Å². The molecule has 0 aromatic heterocycles. The van der Waals surface area contributed by atoms with Crippen molar-refractivity contribution in [1.82, 2.24) is 0 Å². The number of amides is 2. The Labute approximate surface area is 193 Å². The highest BCUT2D eigenvalue weighted by Crippen LogP contribution is 2.21. The number of para-hydroxylation sites is 2. The van der Waals surface area contributed by atoms with Gasteiger partial charge < -0.3 is 25.6 Å². The molecular formula is C26H28N4O3. The van der Waals surface area contributed by atoms with Crippen LogP contribution in [0.3, 0.4) is 0 Å². The first-order chi connectivity index (χ1) is 16.1. The highest BCUT2D eigenvalue weighted by molar-refractivity contribution is 6.08. The average molecular weight is 445 g/mol. The smallest absolute Gasteiger partial charge is 0.257 e. The molecule has 3 N–H and O–H groups in total. The van der Waals surface area contributed by atoms with E-state index in [1.165, 1.54) is 0 Å². The molecule has 7 nitrogen and oxygen atoms in total. The van der Waals surface area contributed by atoms with Crippen LogP contribution in [0.4, 0.5) is 22.7 Å². The number of ether oxygens (including phenoxy) is 1. The van der Waals surface area contributed by atoms with Gasteiger partial charge >= 0.3 is 0 Å². The summed E-state index contributed by atoms with van der Waals surface area (Å²) in [6, 6.07) is 23.7. The molecule has 1 saturated heterocycles. The van der Waals surface area contributed by atoms with E-state index in [4.69, 9.17) is 4.74 Å². The lowest BCUT2D eigenvalue weighted by Crippen LogP contribution is -2.36. The number of morpholine rings is 1. The number of carbonyl (C=O) groups is 2. The Morgan fingerprint density at radius 3 is 2.18 bits per heavy atom. The molecule has 1 aliphatic rings. The lowest BCUT2D eigenvalue weighted by molar-refractivity contribution is -0.116. The van der Waals surface area contributed by atoms with Crippen LogP contribution in [0, 0.1) is 0 Å². The van der Waals surface area contributed by atoms with Crippen LogP contribution in [0.5, 0.6) is 0 Å². The number of rotatable bonds is 7. The maximum Gasteiger partial charge on any atom is 0.257 e. The fourth-order valence-corrected chi connectivity index (χ4v) is 3.65. The molecule has 170 valence electrons. The second kappa shape index (κ2) is 10.7. The van der Waals surface area contributed by atoms with Gasteiger partial charge in [0.25, 0.3) is 5.91 Å². The number of anilines is 4. The molecule has 0 bridgehead atoms. The van der Waals surface area contributed by atoms with Crippen LogP contribution in [-0.4, -0.2) is 44.2 Å². The van der Waals surface area contributed by atoms with E-state index in [1.807, 2.05) is 60.7 Å². The van der Waals surface area contributed by atoms with Gasteiger partial charge in [0.2, 0.25) is 5.91 Å². The predicted molar refractivity (Wildman–Crippen MR) is 132 cm³/mol. The van der Waals surface area contributed by atoms with Crippen LogP contribution >= 0.6 is 0 Å². The number of hydrogen-bond donors (Lipinski definition) is 3. The number of nitrogens with zero attached hydrogens (tertiary/aromatic N) is 1. The van der Waals surface area contributed by atoms with Gasteiger partial charge in [0.1, 0.15) is 6.04 Å². The minimum Gasteiger partial charge on any atom is -0.378 e. The largest absolute Gasteiger partial charge is 0.378 e. The van der Waals surface area contributed by atoms with Crippen molar-refractivity contribution in [3.8, 4) is 0 Å². The summed E-state index contributed by atoms with van der Waals surface area (Å²) in [5.74, 6) is -0.428. The first kappa shape index (κ1) is 22.4. The molecule has 3 aromatic rings. The predicted octanol–water partition coefficient (Wildman–Crippen LogP) is 4.21. The Hall–Kier alpha value is -3.84. The van der Waals surface area contributed by atoms with Gasteiger partial charge in [-0.25, -0.2) is 0 Å². The molecule has 4 rings (SSSR count). The van der Waals surface area contributed by atoms with Crippen molar-refractivity contribution in [2.45, 2.75) is 13.0 Å². The number of benzene rings is 3. The highest BCUT2D eigenvalue weighted by atomic mass is 16.5. The molecule has 1 fully saturated rings. The van der Waals surface area contributed by atoms with Crippen molar-refractivity contribution in [2.75, 3.05) is 47.2 Å². The van der Waals surface area contributed by atoms with Gasteiger partial charge in [0.05, 0.1) is 18.8 Å². The molecule has 2 amide bonds. The van der Waals surface area contributed by atoms with Gasteiger partial charge in [-0.15, -0.1) is 0 Å². The normalized spacial score (nSPS) is 14.3. The van der Waals surface area contributed by atoms with Gasteiger partial charge in [-0.1, -0.05) is 30.3 Å². The van der Waals surface area contributed by atoms with Crippen molar-refractivity contribution >= 4 is 34.6 Å². The summed E-state index contributed by atoms with van der Waals surface area (Å²) in [5.41, 5.74) is 3.61. The third-order valence-corrected chi connectivity index (χ3v) is 5.48. The SMILES string of the molecule is C[C@H](Nc1ccccc1C(=O)Nc1ccccc1)C(=O)Nc1ccc(N2CCOCC2)cc1. The molecule has 1 aliphatic heterocycles. The van der Waals surface area contributed by atoms with Gasteiger partial charge in [-0.3, -0.25) is 9.59 Å². The van der Waals surface area contributed by atoms with E-state index >= 15 is 0 Å². The molecule has 33 heavy (non-hydrogen) atoms. The highest BCUT2D eigenvalue weighted by Gasteiger charge is 2.18. The van der Waals surface area contributed by atoms with Gasteiger partial charge in [-0.05, 0) is 55.5 Å².